The van der Waals surface area contributed by atoms with Gasteiger partial charge in [0.15, 0.2) is 0 Å². The van der Waals surface area contributed by atoms with Gasteiger partial charge in [0.1, 0.15) is 5.82 Å². The summed E-state index contributed by atoms with van der Waals surface area (Å²) in [7, 11) is 0. The molecule has 0 saturated carbocycles. The maximum absolute atomic E-state index is 6.03. The van der Waals surface area contributed by atoms with E-state index in [-0.39, 0.29) is 0 Å². The quantitative estimate of drug-likeness (QED) is 0.898. The summed E-state index contributed by atoms with van der Waals surface area (Å²) < 4.78 is 2.32. The Hall–Kier alpha value is -1.06. The van der Waals surface area contributed by atoms with Gasteiger partial charge in [-0.2, -0.15) is 0 Å². The Kier molecular flexibility index (Phi) is 4.25. The van der Waals surface area contributed by atoms with Gasteiger partial charge in [0.25, 0.3) is 0 Å². The molecule has 1 unspecified atom stereocenters. The monoisotopic (exact) mass is 265 g/mol. The number of benzene rings is 1. The highest BCUT2D eigenvalue weighted by atomic mass is 35.5. The van der Waals surface area contributed by atoms with Gasteiger partial charge in [-0.25, -0.2) is 4.98 Å². The van der Waals surface area contributed by atoms with Crippen molar-refractivity contribution in [2.45, 2.75) is 39.2 Å². The Labute approximate surface area is 113 Å². The molecule has 1 aromatic heterocycles. The minimum atomic E-state index is 0.448. The molecule has 1 atom stereocenters. The predicted octanol–water partition coefficient (Wildman–Crippen LogP) is 3.55. The van der Waals surface area contributed by atoms with E-state index in [1.165, 1.54) is 5.52 Å². The molecule has 1 aromatic carbocycles. The van der Waals surface area contributed by atoms with Gasteiger partial charge in [-0.1, -0.05) is 18.5 Å². The molecule has 0 aliphatic heterocycles. The number of halogens is 1. The van der Waals surface area contributed by atoms with E-state index in [1.807, 2.05) is 12.1 Å². The van der Waals surface area contributed by atoms with E-state index < -0.39 is 0 Å². The number of nitrogens with zero attached hydrogens (tertiary/aromatic N) is 2. The summed E-state index contributed by atoms with van der Waals surface area (Å²) in [5.41, 5.74) is 7.74. The number of rotatable bonds is 5. The molecule has 0 spiro atoms. The normalized spacial score (nSPS) is 13.1. The van der Waals surface area contributed by atoms with Crippen LogP contribution in [-0.4, -0.2) is 16.1 Å². The largest absolute Gasteiger partial charge is 0.330 e. The van der Waals surface area contributed by atoms with E-state index in [1.54, 1.807) is 0 Å². The number of aromatic nitrogens is 2. The Morgan fingerprint density at radius 1 is 1.44 bits per heavy atom. The maximum atomic E-state index is 6.03. The number of hydrogen-bond donors (Lipinski definition) is 1. The van der Waals surface area contributed by atoms with Crippen molar-refractivity contribution in [3.05, 3.63) is 29.0 Å². The first kappa shape index (κ1) is 13.4. The van der Waals surface area contributed by atoms with Crippen LogP contribution in [0.15, 0.2) is 18.2 Å². The third-order valence-electron chi connectivity index (χ3n) is 3.36. The van der Waals surface area contributed by atoms with Crippen molar-refractivity contribution in [2.75, 3.05) is 6.54 Å². The van der Waals surface area contributed by atoms with Crippen LogP contribution in [0.1, 0.15) is 38.6 Å². The average Bonchev–Trinajstić information content (AvgIpc) is 2.72. The van der Waals surface area contributed by atoms with E-state index in [9.17, 15) is 0 Å². The number of aryl methyl sites for hydroxylation is 1. The van der Waals surface area contributed by atoms with Crippen LogP contribution in [0.3, 0.4) is 0 Å². The van der Waals surface area contributed by atoms with E-state index in [0.29, 0.717) is 12.6 Å². The van der Waals surface area contributed by atoms with Crippen LogP contribution in [0.4, 0.5) is 0 Å². The summed E-state index contributed by atoms with van der Waals surface area (Å²) in [6, 6.07) is 6.37. The molecule has 0 aliphatic carbocycles. The van der Waals surface area contributed by atoms with Crippen LogP contribution < -0.4 is 5.73 Å². The van der Waals surface area contributed by atoms with Crippen molar-refractivity contribution in [1.29, 1.82) is 0 Å². The lowest BCUT2D eigenvalue weighted by molar-refractivity contribution is 0.518. The van der Waals surface area contributed by atoms with E-state index in [2.05, 4.69) is 24.5 Å². The molecule has 2 aromatic rings. The fourth-order valence-electron chi connectivity index (χ4n) is 2.23. The fraction of sp³-hybridized carbons (Fsp3) is 0.500. The van der Waals surface area contributed by atoms with Crippen LogP contribution in [0.25, 0.3) is 11.0 Å². The summed E-state index contributed by atoms with van der Waals surface area (Å²) >= 11 is 6.03. The van der Waals surface area contributed by atoms with E-state index in [0.717, 1.165) is 35.6 Å². The smallest absolute Gasteiger partial charge is 0.110 e. The van der Waals surface area contributed by atoms with Crippen LogP contribution >= 0.6 is 11.6 Å². The Morgan fingerprint density at radius 3 is 2.89 bits per heavy atom. The minimum absolute atomic E-state index is 0.448. The second-order valence-corrected chi connectivity index (χ2v) is 5.12. The number of hydrogen-bond acceptors (Lipinski definition) is 2. The van der Waals surface area contributed by atoms with Gasteiger partial charge in [-0.15, -0.1) is 0 Å². The van der Waals surface area contributed by atoms with Crippen molar-refractivity contribution >= 4 is 22.6 Å². The van der Waals surface area contributed by atoms with Gasteiger partial charge in [-0.3, -0.25) is 0 Å². The second-order valence-electron chi connectivity index (χ2n) is 4.68. The summed E-state index contributed by atoms with van der Waals surface area (Å²) in [5.74, 6) is 1.12. The molecule has 4 heteroatoms. The first-order chi connectivity index (χ1) is 8.67. The average molecular weight is 266 g/mol. The lowest BCUT2D eigenvalue weighted by atomic mass is 10.2. The highest BCUT2D eigenvalue weighted by molar-refractivity contribution is 6.31. The van der Waals surface area contributed by atoms with Crippen LogP contribution in [0.2, 0.25) is 5.02 Å². The van der Waals surface area contributed by atoms with Gasteiger partial charge >= 0.3 is 0 Å². The van der Waals surface area contributed by atoms with Crippen molar-refractivity contribution in [1.82, 2.24) is 9.55 Å². The molecule has 1 heterocycles. The maximum Gasteiger partial charge on any atom is 0.110 e. The Morgan fingerprint density at radius 2 is 2.22 bits per heavy atom. The van der Waals surface area contributed by atoms with Crippen LogP contribution in [0, 0.1) is 0 Å². The van der Waals surface area contributed by atoms with Crippen molar-refractivity contribution in [3.63, 3.8) is 0 Å². The SMILES string of the molecule is CCC(C)n1c(CCCN)nc2cc(Cl)ccc21. The molecule has 2 N–H and O–H groups in total. The van der Waals surface area contributed by atoms with Crippen LogP contribution in [-0.2, 0) is 6.42 Å². The molecule has 2 rings (SSSR count). The Bertz CT molecular complexity index is 533. The minimum Gasteiger partial charge on any atom is -0.330 e. The van der Waals surface area contributed by atoms with Crippen molar-refractivity contribution < 1.29 is 0 Å². The van der Waals surface area contributed by atoms with Gasteiger partial charge in [0.05, 0.1) is 11.0 Å². The summed E-state index contributed by atoms with van der Waals surface area (Å²) in [5, 5.41) is 0.738. The first-order valence-electron chi connectivity index (χ1n) is 6.53. The van der Waals surface area contributed by atoms with Gasteiger partial charge in [0.2, 0.25) is 0 Å². The topological polar surface area (TPSA) is 43.8 Å². The molecule has 0 bridgehead atoms. The van der Waals surface area contributed by atoms with Gasteiger partial charge < -0.3 is 10.3 Å². The lowest BCUT2D eigenvalue weighted by Crippen LogP contribution is -2.10. The fourth-order valence-corrected chi connectivity index (χ4v) is 2.40. The molecule has 0 radical (unpaired) electrons. The van der Waals surface area contributed by atoms with Crippen LogP contribution in [0.5, 0.6) is 0 Å². The lowest BCUT2D eigenvalue weighted by Gasteiger charge is -2.15. The third kappa shape index (κ3) is 2.52. The zero-order valence-corrected chi connectivity index (χ0v) is 11.7. The van der Waals surface area contributed by atoms with Gasteiger partial charge in [-0.05, 0) is 44.5 Å². The molecule has 0 amide bonds. The molecular weight excluding hydrogens is 246 g/mol. The summed E-state index contributed by atoms with van der Waals surface area (Å²) in [4.78, 5) is 4.70. The Balaban J connectivity index is 2.53. The van der Waals surface area contributed by atoms with Crippen molar-refractivity contribution in [2.24, 2.45) is 5.73 Å². The van der Waals surface area contributed by atoms with E-state index in [4.69, 9.17) is 22.3 Å². The van der Waals surface area contributed by atoms with Crippen molar-refractivity contribution in [3.8, 4) is 0 Å². The number of nitrogens with two attached hydrogens (primary N) is 1. The highest BCUT2D eigenvalue weighted by Gasteiger charge is 2.14. The standard InChI is InChI=1S/C14H20ClN3/c1-3-10(2)18-13-7-6-11(15)9-12(13)17-14(18)5-4-8-16/h6-7,9-10H,3-5,8,16H2,1-2H3. The first-order valence-corrected chi connectivity index (χ1v) is 6.91. The molecule has 98 valence electrons. The molecule has 3 nitrogen and oxygen atoms in total. The van der Waals surface area contributed by atoms with E-state index >= 15 is 0 Å². The highest BCUT2D eigenvalue weighted by Crippen LogP contribution is 2.26. The molecular formula is C14H20ClN3. The molecule has 0 aliphatic rings. The molecule has 0 fully saturated rings. The third-order valence-corrected chi connectivity index (χ3v) is 3.60. The molecule has 0 saturated heterocycles. The predicted molar refractivity (Wildman–Crippen MR) is 77.1 cm³/mol. The summed E-state index contributed by atoms with van der Waals surface area (Å²) in [6.45, 7) is 5.12. The molecule has 18 heavy (non-hydrogen) atoms. The summed E-state index contributed by atoms with van der Waals surface area (Å²) in [6.07, 6.45) is 2.98. The zero-order chi connectivity index (χ0) is 13.1. The second kappa shape index (κ2) is 5.72. The zero-order valence-electron chi connectivity index (χ0n) is 11.0. The number of fused-ring (bicyclic) bond motifs is 1. The van der Waals surface area contributed by atoms with Gasteiger partial charge in [0, 0.05) is 17.5 Å². The number of imidazole rings is 1.